The van der Waals surface area contributed by atoms with Crippen molar-refractivity contribution in [3.8, 4) is 5.75 Å². The lowest BCUT2D eigenvalue weighted by atomic mass is 9.80. The van der Waals surface area contributed by atoms with E-state index in [2.05, 4.69) is 0 Å². The van der Waals surface area contributed by atoms with Crippen LogP contribution in [0, 0.1) is 0 Å². The highest BCUT2D eigenvalue weighted by Crippen LogP contribution is 2.12. The van der Waals surface area contributed by atoms with E-state index in [1.54, 1.807) is 0 Å². The molecule has 5 nitrogen and oxygen atoms in total. The number of Topliss-reactive ketones (excluding diaryl/α,β-unsaturated/α-hetero) is 2. The first-order valence-corrected chi connectivity index (χ1v) is 5.83. The van der Waals surface area contributed by atoms with Crippen molar-refractivity contribution in [2.45, 2.75) is 0 Å². The summed E-state index contributed by atoms with van der Waals surface area (Å²) in [6.45, 7) is 0. The van der Waals surface area contributed by atoms with Crippen LogP contribution >= 0.6 is 0 Å². The Balaban J connectivity index is 2.22. The van der Waals surface area contributed by atoms with E-state index in [1.807, 2.05) is 0 Å². The van der Waals surface area contributed by atoms with Gasteiger partial charge in [0.1, 0.15) is 5.75 Å². The molecule has 2 rings (SSSR count). The molecule has 0 amide bonds. The zero-order valence-corrected chi connectivity index (χ0v) is 10.4. The maximum absolute atomic E-state index is 12.0. The van der Waals surface area contributed by atoms with Crippen LogP contribution in [0.4, 0.5) is 0 Å². The van der Waals surface area contributed by atoms with Crippen molar-refractivity contribution in [1.82, 2.24) is 0 Å². The Kier molecular flexibility index (Phi) is 3.98. The summed E-state index contributed by atoms with van der Waals surface area (Å²) in [4.78, 5) is 23.9. The van der Waals surface area contributed by atoms with Crippen molar-refractivity contribution in [2.75, 3.05) is 0 Å². The first kappa shape index (κ1) is 14.0. The highest BCUT2D eigenvalue weighted by molar-refractivity contribution is 6.58. The second-order valence-electron chi connectivity index (χ2n) is 4.20. The van der Waals surface area contributed by atoms with Gasteiger partial charge < -0.3 is 15.2 Å². The molecule has 100 valence electrons. The fourth-order valence-electron chi connectivity index (χ4n) is 1.68. The Bertz CT molecular complexity index is 632. The third kappa shape index (κ3) is 2.93. The van der Waals surface area contributed by atoms with E-state index in [1.165, 1.54) is 48.5 Å². The van der Waals surface area contributed by atoms with Gasteiger partial charge in [-0.15, -0.1) is 0 Å². The molecule has 0 bridgehead atoms. The lowest BCUT2D eigenvalue weighted by Crippen LogP contribution is -2.29. The van der Waals surface area contributed by atoms with Gasteiger partial charge in [0.05, 0.1) is 0 Å². The Labute approximate surface area is 115 Å². The van der Waals surface area contributed by atoms with Gasteiger partial charge >= 0.3 is 7.12 Å². The van der Waals surface area contributed by atoms with Crippen LogP contribution in [-0.2, 0) is 0 Å². The second-order valence-corrected chi connectivity index (χ2v) is 4.20. The molecule has 0 aliphatic rings. The number of ketones is 2. The van der Waals surface area contributed by atoms with Crippen molar-refractivity contribution in [2.24, 2.45) is 0 Å². The molecular weight excluding hydrogens is 259 g/mol. The fraction of sp³-hybridized carbons (Fsp3) is 0. The van der Waals surface area contributed by atoms with Crippen molar-refractivity contribution >= 4 is 24.1 Å². The van der Waals surface area contributed by atoms with Gasteiger partial charge in [-0.2, -0.15) is 0 Å². The summed E-state index contributed by atoms with van der Waals surface area (Å²) in [6, 6.07) is 10.8. The summed E-state index contributed by atoms with van der Waals surface area (Å²) in [5.41, 5.74) is 0.574. The summed E-state index contributed by atoms with van der Waals surface area (Å²) in [5.74, 6) is -1.38. The smallest absolute Gasteiger partial charge is 0.488 e. The molecule has 0 aliphatic heterocycles. The van der Waals surface area contributed by atoms with Crippen LogP contribution in [0.15, 0.2) is 48.5 Å². The Morgan fingerprint density at radius 1 is 0.750 bits per heavy atom. The lowest BCUT2D eigenvalue weighted by Gasteiger charge is -2.03. The van der Waals surface area contributed by atoms with E-state index < -0.39 is 18.7 Å². The third-order valence-electron chi connectivity index (χ3n) is 2.81. The minimum absolute atomic E-state index is 0.00952. The SMILES string of the molecule is O=C(C(=O)c1ccc(B(O)O)cc1)c1ccc(O)cc1. The summed E-state index contributed by atoms with van der Waals surface area (Å²) >= 11 is 0. The van der Waals surface area contributed by atoms with Crippen LogP contribution in [0.2, 0.25) is 0 Å². The first-order chi connectivity index (χ1) is 9.49. The molecule has 2 aromatic carbocycles. The molecule has 0 heterocycles. The number of benzene rings is 2. The summed E-state index contributed by atoms with van der Waals surface area (Å²) in [7, 11) is -1.62. The number of rotatable bonds is 4. The van der Waals surface area contributed by atoms with Crippen molar-refractivity contribution < 1.29 is 24.7 Å². The zero-order chi connectivity index (χ0) is 14.7. The van der Waals surface area contributed by atoms with Crippen LogP contribution in [-0.4, -0.2) is 33.8 Å². The molecule has 0 aliphatic carbocycles. The number of hydrogen-bond acceptors (Lipinski definition) is 5. The quantitative estimate of drug-likeness (QED) is 0.417. The number of aromatic hydroxyl groups is 1. The number of carbonyl (C=O) groups excluding carboxylic acids is 2. The highest BCUT2D eigenvalue weighted by atomic mass is 16.4. The number of carbonyl (C=O) groups is 2. The molecule has 0 unspecified atom stereocenters. The van der Waals surface area contributed by atoms with Crippen molar-refractivity contribution in [1.29, 1.82) is 0 Å². The standard InChI is InChI=1S/C14H11BO5/c16-12-7-3-10(4-8-12)14(18)13(17)9-1-5-11(6-2-9)15(19)20/h1-8,16,19-20H. The number of phenolic OH excluding ortho intramolecular Hbond substituents is 1. The van der Waals surface area contributed by atoms with Crippen LogP contribution < -0.4 is 5.46 Å². The zero-order valence-electron chi connectivity index (χ0n) is 10.4. The average molecular weight is 270 g/mol. The molecule has 20 heavy (non-hydrogen) atoms. The van der Waals surface area contributed by atoms with E-state index in [0.29, 0.717) is 0 Å². The van der Waals surface area contributed by atoms with Gasteiger partial charge in [0.25, 0.3) is 0 Å². The van der Waals surface area contributed by atoms with Gasteiger partial charge in [0.2, 0.25) is 11.6 Å². The molecule has 6 heteroatoms. The molecule has 2 aromatic rings. The fourth-order valence-corrected chi connectivity index (χ4v) is 1.68. The first-order valence-electron chi connectivity index (χ1n) is 5.83. The van der Waals surface area contributed by atoms with Crippen LogP contribution in [0.1, 0.15) is 20.7 Å². The predicted octanol–water partition coefficient (Wildman–Crippen LogP) is 0.138. The predicted molar refractivity (Wildman–Crippen MR) is 73.0 cm³/mol. The van der Waals surface area contributed by atoms with Crippen LogP contribution in [0.25, 0.3) is 0 Å². The normalized spacial score (nSPS) is 10.1. The van der Waals surface area contributed by atoms with Gasteiger partial charge in [0, 0.05) is 11.1 Å². The molecule has 0 atom stereocenters. The number of phenols is 1. The molecule has 0 aromatic heterocycles. The molecule has 3 N–H and O–H groups in total. The molecule has 0 fully saturated rings. The Morgan fingerprint density at radius 2 is 1.15 bits per heavy atom. The van der Waals surface area contributed by atoms with Gasteiger partial charge in [0.15, 0.2) is 0 Å². The van der Waals surface area contributed by atoms with E-state index in [9.17, 15) is 9.59 Å². The van der Waals surface area contributed by atoms with Gasteiger partial charge in [-0.3, -0.25) is 9.59 Å². The maximum atomic E-state index is 12.0. The molecule has 0 saturated heterocycles. The third-order valence-corrected chi connectivity index (χ3v) is 2.81. The molecule has 0 spiro atoms. The minimum atomic E-state index is -1.62. The van der Waals surface area contributed by atoms with Crippen LogP contribution in [0.3, 0.4) is 0 Å². The molecule has 0 radical (unpaired) electrons. The summed E-state index contributed by atoms with van der Waals surface area (Å²) < 4.78 is 0. The van der Waals surface area contributed by atoms with E-state index in [4.69, 9.17) is 15.2 Å². The Morgan fingerprint density at radius 3 is 1.55 bits per heavy atom. The minimum Gasteiger partial charge on any atom is -0.508 e. The average Bonchev–Trinajstić information content (AvgIpc) is 2.46. The topological polar surface area (TPSA) is 94.8 Å². The summed E-state index contributed by atoms with van der Waals surface area (Å²) in [5, 5.41) is 27.0. The Hall–Kier alpha value is -2.44. The van der Waals surface area contributed by atoms with E-state index in [0.717, 1.165) is 0 Å². The molecular formula is C14H11BO5. The monoisotopic (exact) mass is 270 g/mol. The van der Waals surface area contributed by atoms with Crippen molar-refractivity contribution in [3.05, 3.63) is 59.7 Å². The second kappa shape index (κ2) is 5.69. The van der Waals surface area contributed by atoms with Gasteiger partial charge in [-0.05, 0) is 29.7 Å². The summed E-state index contributed by atoms with van der Waals surface area (Å²) in [6.07, 6.45) is 0. The maximum Gasteiger partial charge on any atom is 0.488 e. The number of hydrogen-bond donors (Lipinski definition) is 3. The van der Waals surface area contributed by atoms with Crippen molar-refractivity contribution in [3.63, 3.8) is 0 Å². The van der Waals surface area contributed by atoms with Gasteiger partial charge in [-0.25, -0.2) is 0 Å². The highest BCUT2D eigenvalue weighted by Gasteiger charge is 2.19. The lowest BCUT2D eigenvalue weighted by molar-refractivity contribution is 0.0817. The largest absolute Gasteiger partial charge is 0.508 e. The molecule has 0 saturated carbocycles. The van der Waals surface area contributed by atoms with Crippen LogP contribution in [0.5, 0.6) is 5.75 Å². The van der Waals surface area contributed by atoms with E-state index in [-0.39, 0.29) is 22.3 Å². The van der Waals surface area contributed by atoms with Gasteiger partial charge in [-0.1, -0.05) is 24.3 Å². The van der Waals surface area contributed by atoms with E-state index >= 15 is 0 Å².